The molecular weight excluding hydrogens is 288 g/mol. The van der Waals surface area contributed by atoms with E-state index in [2.05, 4.69) is 36.0 Å². The molecule has 0 N–H and O–H groups in total. The zero-order valence-electron chi connectivity index (χ0n) is 14.1. The normalized spacial score (nSPS) is 27.3. The second-order valence-electron chi connectivity index (χ2n) is 7.45. The van der Waals surface area contributed by atoms with E-state index in [1.165, 1.54) is 43.4 Å². The third-order valence-electron chi connectivity index (χ3n) is 5.94. The first kappa shape index (κ1) is 15.0. The molecule has 4 heteroatoms. The zero-order chi connectivity index (χ0) is 16.0. The van der Waals surface area contributed by atoms with E-state index in [1.54, 1.807) is 0 Å². The molecule has 1 aromatic rings. The lowest BCUT2D eigenvalue weighted by molar-refractivity contribution is -0.135. The highest BCUT2D eigenvalue weighted by Gasteiger charge is 2.43. The van der Waals surface area contributed by atoms with Crippen molar-refractivity contribution < 1.29 is 9.53 Å². The Morgan fingerprint density at radius 2 is 2.00 bits per heavy atom. The molecule has 2 unspecified atom stereocenters. The van der Waals surface area contributed by atoms with Gasteiger partial charge in [-0.25, -0.2) is 0 Å². The number of esters is 1. The van der Waals surface area contributed by atoms with Crippen LogP contribution in [-0.4, -0.2) is 37.7 Å². The number of ether oxygens (including phenoxy) is 1. The Kier molecular flexibility index (Phi) is 3.80. The van der Waals surface area contributed by atoms with Crippen LogP contribution in [0.1, 0.15) is 50.0 Å². The number of hydrogen-bond acceptors (Lipinski definition) is 4. The number of carbonyl (C=O) groups excluding carboxylic acids is 1. The number of carbonyl (C=O) groups is 1. The van der Waals surface area contributed by atoms with Crippen LogP contribution in [0.5, 0.6) is 5.75 Å². The van der Waals surface area contributed by atoms with Gasteiger partial charge in [-0.05, 0) is 56.0 Å². The van der Waals surface area contributed by atoms with Crippen molar-refractivity contribution >= 4 is 11.7 Å². The van der Waals surface area contributed by atoms with Crippen molar-refractivity contribution in [3.8, 4) is 5.75 Å². The quantitative estimate of drug-likeness (QED) is 0.632. The molecule has 1 aliphatic carbocycles. The van der Waals surface area contributed by atoms with E-state index < -0.39 is 0 Å². The lowest BCUT2D eigenvalue weighted by Gasteiger charge is -2.28. The lowest BCUT2D eigenvalue weighted by atomic mass is 9.98. The monoisotopic (exact) mass is 314 g/mol. The van der Waals surface area contributed by atoms with Crippen molar-refractivity contribution in [1.29, 1.82) is 0 Å². The molecule has 2 fully saturated rings. The fourth-order valence-corrected chi connectivity index (χ4v) is 4.79. The summed E-state index contributed by atoms with van der Waals surface area (Å²) in [4.78, 5) is 16.9. The zero-order valence-corrected chi connectivity index (χ0v) is 14.1. The van der Waals surface area contributed by atoms with Crippen molar-refractivity contribution in [2.75, 3.05) is 25.5 Å². The minimum absolute atomic E-state index is 0.0664. The number of likely N-dealkylation sites (tertiary alicyclic amines) is 1. The van der Waals surface area contributed by atoms with E-state index in [9.17, 15) is 4.79 Å². The minimum Gasteiger partial charge on any atom is -0.427 e. The molecule has 4 rings (SSSR count). The van der Waals surface area contributed by atoms with Crippen molar-refractivity contribution in [1.82, 2.24) is 4.90 Å². The standard InChI is InChI=1S/C19H26N2O2/c1-20-10-9-15-16-12-14(7-8-17(16)21(2)19(15)20)23-18(22)11-13-5-3-4-6-13/h7-8,12-13,15,19H,3-6,9-11H2,1-2H3. The summed E-state index contributed by atoms with van der Waals surface area (Å²) in [6, 6.07) is 6.16. The molecule has 0 amide bonds. The summed E-state index contributed by atoms with van der Waals surface area (Å²) in [5.74, 6) is 1.73. The Morgan fingerprint density at radius 3 is 2.78 bits per heavy atom. The molecular formula is C19H26N2O2. The Hall–Kier alpha value is -1.55. The van der Waals surface area contributed by atoms with E-state index >= 15 is 0 Å². The van der Waals surface area contributed by atoms with Crippen LogP contribution in [0.25, 0.3) is 0 Å². The van der Waals surface area contributed by atoms with Gasteiger partial charge in [-0.3, -0.25) is 9.69 Å². The van der Waals surface area contributed by atoms with Crippen molar-refractivity contribution in [2.24, 2.45) is 5.92 Å². The SMILES string of the molecule is CN1CCC2c3cc(OC(=O)CC4CCCC4)ccc3N(C)C21. The maximum atomic E-state index is 12.2. The first-order chi connectivity index (χ1) is 11.1. The van der Waals surface area contributed by atoms with Crippen molar-refractivity contribution in [2.45, 2.75) is 50.6 Å². The van der Waals surface area contributed by atoms with Crippen LogP contribution in [0.15, 0.2) is 18.2 Å². The van der Waals surface area contributed by atoms with E-state index in [4.69, 9.17) is 4.74 Å². The van der Waals surface area contributed by atoms with E-state index in [1.807, 2.05) is 6.07 Å². The Balaban J connectivity index is 1.48. The van der Waals surface area contributed by atoms with Crippen LogP contribution in [0.2, 0.25) is 0 Å². The van der Waals surface area contributed by atoms with Gasteiger partial charge in [-0.2, -0.15) is 0 Å². The summed E-state index contributed by atoms with van der Waals surface area (Å²) in [6.45, 7) is 1.13. The van der Waals surface area contributed by atoms with Gasteiger partial charge in [0.2, 0.25) is 0 Å². The first-order valence-corrected chi connectivity index (χ1v) is 8.91. The lowest BCUT2D eigenvalue weighted by Crippen LogP contribution is -2.39. The molecule has 1 saturated carbocycles. The van der Waals surface area contributed by atoms with Gasteiger partial charge in [-0.1, -0.05) is 12.8 Å². The summed E-state index contributed by atoms with van der Waals surface area (Å²) in [6.07, 6.45) is 7.10. The smallest absolute Gasteiger partial charge is 0.311 e. The first-order valence-electron chi connectivity index (χ1n) is 8.91. The molecule has 2 aliphatic heterocycles. The van der Waals surface area contributed by atoms with Gasteiger partial charge in [0.15, 0.2) is 0 Å². The van der Waals surface area contributed by atoms with Gasteiger partial charge >= 0.3 is 5.97 Å². The molecule has 23 heavy (non-hydrogen) atoms. The predicted octanol–water partition coefficient (Wildman–Crippen LogP) is 3.37. The number of rotatable bonds is 3. The van der Waals surface area contributed by atoms with Gasteiger partial charge in [0.1, 0.15) is 5.75 Å². The van der Waals surface area contributed by atoms with Crippen LogP contribution in [0.4, 0.5) is 5.69 Å². The Bertz CT molecular complexity index is 609. The molecule has 1 aromatic carbocycles. The third-order valence-corrected chi connectivity index (χ3v) is 5.94. The average molecular weight is 314 g/mol. The number of fused-ring (bicyclic) bond motifs is 3. The van der Waals surface area contributed by atoms with E-state index in [0.29, 0.717) is 24.4 Å². The number of benzene rings is 1. The van der Waals surface area contributed by atoms with Crippen LogP contribution >= 0.6 is 0 Å². The highest BCUT2D eigenvalue weighted by atomic mass is 16.5. The largest absolute Gasteiger partial charge is 0.427 e. The molecule has 0 aromatic heterocycles. The van der Waals surface area contributed by atoms with Gasteiger partial charge in [0.25, 0.3) is 0 Å². The highest BCUT2D eigenvalue weighted by Crippen LogP contribution is 2.47. The van der Waals surface area contributed by atoms with Crippen LogP contribution in [0.3, 0.4) is 0 Å². The number of anilines is 1. The van der Waals surface area contributed by atoms with Crippen LogP contribution in [0, 0.1) is 5.92 Å². The second-order valence-corrected chi connectivity index (χ2v) is 7.45. The van der Waals surface area contributed by atoms with Gasteiger partial charge in [-0.15, -0.1) is 0 Å². The summed E-state index contributed by atoms with van der Waals surface area (Å²) in [5, 5.41) is 0. The summed E-state index contributed by atoms with van der Waals surface area (Å²) < 4.78 is 5.64. The van der Waals surface area contributed by atoms with E-state index in [-0.39, 0.29) is 5.97 Å². The minimum atomic E-state index is -0.0664. The molecule has 2 atom stereocenters. The van der Waals surface area contributed by atoms with Gasteiger partial charge < -0.3 is 9.64 Å². The van der Waals surface area contributed by atoms with E-state index in [0.717, 1.165) is 12.3 Å². The third kappa shape index (κ3) is 2.63. The van der Waals surface area contributed by atoms with Crippen molar-refractivity contribution in [3.05, 3.63) is 23.8 Å². The summed E-state index contributed by atoms with van der Waals surface area (Å²) in [5.41, 5.74) is 2.62. The molecule has 0 radical (unpaired) electrons. The fourth-order valence-electron chi connectivity index (χ4n) is 4.79. The summed E-state index contributed by atoms with van der Waals surface area (Å²) >= 11 is 0. The number of nitrogens with zero attached hydrogens (tertiary/aromatic N) is 2. The summed E-state index contributed by atoms with van der Waals surface area (Å²) in [7, 11) is 4.35. The van der Waals surface area contributed by atoms with Crippen LogP contribution < -0.4 is 9.64 Å². The number of hydrogen-bond donors (Lipinski definition) is 0. The molecule has 124 valence electrons. The molecule has 3 aliphatic rings. The average Bonchev–Trinajstić information content (AvgIpc) is 3.21. The van der Waals surface area contributed by atoms with Gasteiger partial charge in [0, 0.05) is 31.6 Å². The predicted molar refractivity (Wildman–Crippen MR) is 90.8 cm³/mol. The molecule has 0 bridgehead atoms. The second kappa shape index (κ2) is 5.82. The molecule has 0 spiro atoms. The van der Waals surface area contributed by atoms with Crippen LogP contribution in [-0.2, 0) is 4.79 Å². The van der Waals surface area contributed by atoms with Gasteiger partial charge in [0.05, 0.1) is 6.17 Å². The maximum absolute atomic E-state index is 12.2. The topological polar surface area (TPSA) is 32.8 Å². The van der Waals surface area contributed by atoms with Crippen molar-refractivity contribution in [3.63, 3.8) is 0 Å². The Labute approximate surface area is 138 Å². The highest BCUT2D eigenvalue weighted by molar-refractivity contribution is 5.73. The molecule has 2 heterocycles. The fraction of sp³-hybridized carbons (Fsp3) is 0.632. The maximum Gasteiger partial charge on any atom is 0.311 e. The number of likely N-dealkylation sites (N-methyl/N-ethyl adjacent to an activating group) is 2. The molecule has 1 saturated heterocycles. The molecule has 4 nitrogen and oxygen atoms in total. The Morgan fingerprint density at radius 1 is 1.22 bits per heavy atom.